The molecule has 2 atom stereocenters. The summed E-state index contributed by atoms with van der Waals surface area (Å²) in [5.74, 6) is 2.74. The summed E-state index contributed by atoms with van der Waals surface area (Å²) >= 11 is 0. The van der Waals surface area contributed by atoms with Gasteiger partial charge in [0.1, 0.15) is 0 Å². The summed E-state index contributed by atoms with van der Waals surface area (Å²) in [5.41, 5.74) is 1.00. The van der Waals surface area contributed by atoms with E-state index in [1.807, 2.05) is 0 Å². The van der Waals surface area contributed by atoms with E-state index in [4.69, 9.17) is 0 Å². The van der Waals surface area contributed by atoms with Crippen LogP contribution in [0.3, 0.4) is 0 Å². The molecule has 0 spiro atoms. The molecule has 0 heterocycles. The smallest absolute Gasteiger partial charge is 0.0269 e. The quantitative estimate of drug-likeness (QED) is 0.605. The Kier molecular flexibility index (Phi) is 3.58. The minimum Gasteiger partial charge on any atom is -0.0651 e. The Morgan fingerprint density at radius 3 is 1.73 bits per heavy atom. The van der Waals surface area contributed by atoms with Crippen molar-refractivity contribution in [3.05, 3.63) is 0 Å². The lowest BCUT2D eigenvalue weighted by Gasteiger charge is -2.43. The van der Waals surface area contributed by atoms with E-state index in [0.717, 1.165) is 17.8 Å². The Hall–Kier alpha value is 0. The average molecular weight is 210 g/mol. The molecule has 0 amide bonds. The summed E-state index contributed by atoms with van der Waals surface area (Å²) in [5, 5.41) is 0. The van der Waals surface area contributed by atoms with Crippen LogP contribution in [-0.4, -0.2) is 0 Å². The standard InChI is InChI=1S/C15H30/c1-8-12(9-2)13-10-11(3)14(4,5)15(13,6)7/h11-13H,8-10H2,1-7H3. The van der Waals surface area contributed by atoms with Crippen LogP contribution >= 0.6 is 0 Å². The van der Waals surface area contributed by atoms with E-state index in [1.165, 1.54) is 19.3 Å². The summed E-state index contributed by atoms with van der Waals surface area (Å²) in [6.07, 6.45) is 4.15. The van der Waals surface area contributed by atoms with Gasteiger partial charge in [-0.05, 0) is 35.0 Å². The van der Waals surface area contributed by atoms with Crippen molar-refractivity contribution in [2.24, 2.45) is 28.6 Å². The van der Waals surface area contributed by atoms with E-state index in [2.05, 4.69) is 48.5 Å². The van der Waals surface area contributed by atoms with E-state index in [0.29, 0.717) is 10.8 Å². The zero-order valence-corrected chi connectivity index (χ0v) is 11.9. The monoisotopic (exact) mass is 210 g/mol. The first-order valence-corrected chi connectivity index (χ1v) is 6.79. The van der Waals surface area contributed by atoms with Crippen LogP contribution in [0.2, 0.25) is 0 Å². The summed E-state index contributed by atoms with van der Waals surface area (Å²) in [6, 6.07) is 0. The minimum absolute atomic E-state index is 0.500. The normalized spacial score (nSPS) is 33.6. The third kappa shape index (κ3) is 1.85. The molecular weight excluding hydrogens is 180 g/mol. The molecule has 2 unspecified atom stereocenters. The van der Waals surface area contributed by atoms with Gasteiger partial charge < -0.3 is 0 Å². The molecule has 0 aromatic rings. The Labute approximate surface area is 96.8 Å². The molecule has 15 heavy (non-hydrogen) atoms. The summed E-state index contributed by atoms with van der Waals surface area (Å²) in [6.45, 7) is 17.1. The molecule has 0 N–H and O–H groups in total. The lowest BCUT2D eigenvalue weighted by atomic mass is 9.62. The molecule has 0 aromatic carbocycles. The van der Waals surface area contributed by atoms with Crippen molar-refractivity contribution in [2.45, 2.75) is 67.7 Å². The predicted molar refractivity (Wildman–Crippen MR) is 68.9 cm³/mol. The van der Waals surface area contributed by atoms with Crippen molar-refractivity contribution in [1.29, 1.82) is 0 Å². The zero-order valence-electron chi connectivity index (χ0n) is 11.9. The molecule has 90 valence electrons. The van der Waals surface area contributed by atoms with Gasteiger partial charge in [0.15, 0.2) is 0 Å². The van der Waals surface area contributed by atoms with Crippen LogP contribution in [0.15, 0.2) is 0 Å². The van der Waals surface area contributed by atoms with E-state index in [9.17, 15) is 0 Å². The number of hydrogen-bond acceptors (Lipinski definition) is 0. The molecule has 0 aliphatic heterocycles. The molecule has 0 heteroatoms. The van der Waals surface area contributed by atoms with Gasteiger partial charge in [0.25, 0.3) is 0 Å². The van der Waals surface area contributed by atoms with Gasteiger partial charge in [-0.25, -0.2) is 0 Å². The molecule has 1 rings (SSSR count). The molecular formula is C15H30. The van der Waals surface area contributed by atoms with Crippen LogP contribution in [0.25, 0.3) is 0 Å². The SMILES string of the molecule is CCC(CC)C1CC(C)C(C)(C)C1(C)C. The highest BCUT2D eigenvalue weighted by atomic mass is 14.6. The van der Waals surface area contributed by atoms with Crippen LogP contribution in [0.4, 0.5) is 0 Å². The zero-order chi connectivity index (χ0) is 11.9. The second-order valence-electron chi connectivity index (χ2n) is 6.76. The van der Waals surface area contributed by atoms with E-state index < -0.39 is 0 Å². The second-order valence-corrected chi connectivity index (χ2v) is 6.76. The van der Waals surface area contributed by atoms with Gasteiger partial charge in [0.2, 0.25) is 0 Å². The third-order valence-electron chi connectivity index (χ3n) is 6.04. The summed E-state index contributed by atoms with van der Waals surface area (Å²) < 4.78 is 0. The van der Waals surface area contributed by atoms with Gasteiger partial charge in [-0.2, -0.15) is 0 Å². The molecule has 1 aliphatic carbocycles. The minimum atomic E-state index is 0.500. The van der Waals surface area contributed by atoms with Crippen molar-refractivity contribution in [3.8, 4) is 0 Å². The largest absolute Gasteiger partial charge is 0.0651 e. The van der Waals surface area contributed by atoms with Crippen molar-refractivity contribution in [2.75, 3.05) is 0 Å². The first-order chi connectivity index (χ1) is 6.79. The molecule has 1 aliphatic rings. The van der Waals surface area contributed by atoms with E-state index >= 15 is 0 Å². The Bertz CT molecular complexity index is 208. The molecule has 0 bridgehead atoms. The van der Waals surface area contributed by atoms with E-state index in [1.54, 1.807) is 0 Å². The highest BCUT2D eigenvalue weighted by Gasteiger charge is 2.53. The fourth-order valence-electron chi connectivity index (χ4n) is 3.72. The maximum Gasteiger partial charge on any atom is -0.0269 e. The predicted octanol–water partition coefficient (Wildman–Crippen LogP) is 5.13. The summed E-state index contributed by atoms with van der Waals surface area (Å²) in [4.78, 5) is 0. The summed E-state index contributed by atoms with van der Waals surface area (Å²) in [7, 11) is 0. The van der Waals surface area contributed by atoms with Gasteiger partial charge in [-0.15, -0.1) is 0 Å². The van der Waals surface area contributed by atoms with Crippen LogP contribution in [0.1, 0.15) is 67.7 Å². The topological polar surface area (TPSA) is 0 Å². The van der Waals surface area contributed by atoms with Crippen LogP contribution in [0.5, 0.6) is 0 Å². The van der Waals surface area contributed by atoms with Crippen molar-refractivity contribution < 1.29 is 0 Å². The fourth-order valence-corrected chi connectivity index (χ4v) is 3.72. The molecule has 0 aromatic heterocycles. The molecule has 0 radical (unpaired) electrons. The van der Waals surface area contributed by atoms with Gasteiger partial charge in [0.05, 0.1) is 0 Å². The Balaban J connectivity index is 2.95. The van der Waals surface area contributed by atoms with Crippen molar-refractivity contribution >= 4 is 0 Å². The third-order valence-corrected chi connectivity index (χ3v) is 6.04. The average Bonchev–Trinajstić information content (AvgIpc) is 2.30. The van der Waals surface area contributed by atoms with Gasteiger partial charge >= 0.3 is 0 Å². The van der Waals surface area contributed by atoms with Gasteiger partial charge in [-0.3, -0.25) is 0 Å². The number of hydrogen-bond donors (Lipinski definition) is 0. The maximum atomic E-state index is 2.50. The molecule has 0 nitrogen and oxygen atoms in total. The number of rotatable bonds is 3. The Morgan fingerprint density at radius 1 is 1.00 bits per heavy atom. The van der Waals surface area contributed by atoms with Crippen molar-refractivity contribution in [1.82, 2.24) is 0 Å². The van der Waals surface area contributed by atoms with Crippen LogP contribution in [0, 0.1) is 28.6 Å². The lowest BCUT2D eigenvalue weighted by Crippen LogP contribution is -2.36. The molecule has 1 fully saturated rings. The Morgan fingerprint density at radius 2 is 1.47 bits per heavy atom. The second kappa shape index (κ2) is 4.11. The molecule has 1 saturated carbocycles. The maximum absolute atomic E-state index is 2.50. The van der Waals surface area contributed by atoms with Gasteiger partial charge in [0, 0.05) is 0 Å². The van der Waals surface area contributed by atoms with Crippen LogP contribution in [-0.2, 0) is 0 Å². The highest BCUT2D eigenvalue weighted by molar-refractivity contribution is 5.02. The highest BCUT2D eigenvalue weighted by Crippen LogP contribution is 2.61. The van der Waals surface area contributed by atoms with E-state index in [-0.39, 0.29) is 0 Å². The first-order valence-electron chi connectivity index (χ1n) is 6.79. The molecule has 0 saturated heterocycles. The first kappa shape index (κ1) is 13.1. The lowest BCUT2D eigenvalue weighted by molar-refractivity contribution is 0.0555. The van der Waals surface area contributed by atoms with Gasteiger partial charge in [-0.1, -0.05) is 61.3 Å². The van der Waals surface area contributed by atoms with Crippen LogP contribution < -0.4 is 0 Å². The van der Waals surface area contributed by atoms with Crippen molar-refractivity contribution in [3.63, 3.8) is 0 Å². The fraction of sp³-hybridized carbons (Fsp3) is 1.00.